The maximum atomic E-state index is 11.7. The van der Waals surface area contributed by atoms with Crippen LogP contribution in [0.5, 0.6) is 0 Å². The maximum Gasteiger partial charge on any atom is 0.356 e. The first-order valence-electron chi connectivity index (χ1n) is 7.66. The van der Waals surface area contributed by atoms with Gasteiger partial charge in [0.25, 0.3) is 0 Å². The Hall–Kier alpha value is -2.63. The number of para-hydroxylation sites is 1. The second-order valence-electron chi connectivity index (χ2n) is 5.50. The Balaban J connectivity index is 1.72. The van der Waals surface area contributed by atoms with Crippen LogP contribution in [0, 0.1) is 6.92 Å². The van der Waals surface area contributed by atoms with E-state index < -0.39 is 5.97 Å². The Morgan fingerprint density at radius 2 is 1.70 bits per heavy atom. The van der Waals surface area contributed by atoms with Crippen LogP contribution < -0.4 is 9.80 Å². The van der Waals surface area contributed by atoms with Crippen LogP contribution in [0.3, 0.4) is 0 Å². The minimum atomic E-state index is -0.431. The third kappa shape index (κ3) is 3.41. The third-order valence-corrected chi connectivity index (χ3v) is 3.92. The molecule has 1 saturated heterocycles. The number of aromatic nitrogens is 2. The van der Waals surface area contributed by atoms with Crippen LogP contribution in [0.1, 0.15) is 16.2 Å². The molecule has 0 unspecified atom stereocenters. The summed E-state index contributed by atoms with van der Waals surface area (Å²) in [6.45, 7) is 5.29. The molecule has 2 heterocycles. The molecule has 0 spiro atoms. The highest BCUT2D eigenvalue weighted by molar-refractivity contribution is 5.87. The number of carbonyl (C=O) groups excluding carboxylic acids is 1. The van der Waals surface area contributed by atoms with E-state index in [1.54, 1.807) is 6.07 Å². The van der Waals surface area contributed by atoms with E-state index in [4.69, 9.17) is 4.74 Å². The highest BCUT2D eigenvalue weighted by Gasteiger charge is 2.21. The molecule has 6 nitrogen and oxygen atoms in total. The molecule has 1 aliphatic heterocycles. The topological polar surface area (TPSA) is 58.6 Å². The molecule has 0 bridgehead atoms. The van der Waals surface area contributed by atoms with Gasteiger partial charge in [0.15, 0.2) is 5.69 Å². The number of carbonyl (C=O) groups is 1. The zero-order chi connectivity index (χ0) is 16.2. The van der Waals surface area contributed by atoms with E-state index in [0.717, 1.165) is 31.9 Å². The van der Waals surface area contributed by atoms with E-state index in [-0.39, 0.29) is 0 Å². The zero-order valence-electron chi connectivity index (χ0n) is 13.4. The van der Waals surface area contributed by atoms with Crippen molar-refractivity contribution in [1.29, 1.82) is 0 Å². The number of ether oxygens (including phenoxy) is 1. The molecule has 1 fully saturated rings. The summed E-state index contributed by atoms with van der Waals surface area (Å²) in [6.07, 6.45) is 0. The molecule has 0 aliphatic carbocycles. The lowest BCUT2D eigenvalue weighted by atomic mass is 10.2. The number of methoxy groups -OCH3 is 1. The molecular weight excluding hydrogens is 292 g/mol. The Morgan fingerprint density at radius 3 is 2.35 bits per heavy atom. The predicted octanol–water partition coefficient (Wildman–Crippen LogP) is 1.90. The van der Waals surface area contributed by atoms with Crippen molar-refractivity contribution in [2.45, 2.75) is 6.92 Å². The van der Waals surface area contributed by atoms with Crippen LogP contribution in [0.4, 0.5) is 11.6 Å². The van der Waals surface area contributed by atoms with Crippen molar-refractivity contribution in [3.63, 3.8) is 0 Å². The monoisotopic (exact) mass is 312 g/mol. The second-order valence-corrected chi connectivity index (χ2v) is 5.50. The van der Waals surface area contributed by atoms with Gasteiger partial charge in [0.1, 0.15) is 0 Å². The van der Waals surface area contributed by atoms with Crippen molar-refractivity contribution in [2.75, 3.05) is 43.1 Å². The van der Waals surface area contributed by atoms with Crippen LogP contribution in [-0.4, -0.2) is 49.2 Å². The van der Waals surface area contributed by atoms with Gasteiger partial charge >= 0.3 is 5.97 Å². The van der Waals surface area contributed by atoms with Crippen molar-refractivity contribution in [3.8, 4) is 0 Å². The summed E-state index contributed by atoms with van der Waals surface area (Å²) >= 11 is 0. The summed E-state index contributed by atoms with van der Waals surface area (Å²) in [6, 6.07) is 12.0. The lowest BCUT2D eigenvalue weighted by Gasteiger charge is -2.36. The first kappa shape index (κ1) is 15.3. The van der Waals surface area contributed by atoms with Gasteiger partial charge in [-0.05, 0) is 25.1 Å². The number of hydrogen-bond acceptors (Lipinski definition) is 6. The van der Waals surface area contributed by atoms with E-state index in [0.29, 0.717) is 11.6 Å². The fourth-order valence-electron chi connectivity index (χ4n) is 2.71. The number of anilines is 2. The molecule has 3 rings (SSSR count). The molecule has 0 atom stereocenters. The number of nitrogens with zero attached hydrogens (tertiary/aromatic N) is 4. The van der Waals surface area contributed by atoms with Crippen LogP contribution in [0.25, 0.3) is 0 Å². The van der Waals surface area contributed by atoms with E-state index in [1.807, 2.05) is 25.1 Å². The van der Waals surface area contributed by atoms with Crippen LogP contribution in [0.2, 0.25) is 0 Å². The molecule has 1 aromatic heterocycles. The minimum absolute atomic E-state index is 0.306. The molecule has 0 amide bonds. The third-order valence-electron chi connectivity index (χ3n) is 3.92. The van der Waals surface area contributed by atoms with E-state index in [9.17, 15) is 4.79 Å². The van der Waals surface area contributed by atoms with Crippen LogP contribution in [-0.2, 0) is 4.74 Å². The van der Waals surface area contributed by atoms with Crippen molar-refractivity contribution >= 4 is 17.6 Å². The highest BCUT2D eigenvalue weighted by Crippen LogP contribution is 2.18. The van der Waals surface area contributed by atoms with Gasteiger partial charge in [-0.25, -0.2) is 14.8 Å². The average Bonchev–Trinajstić information content (AvgIpc) is 2.61. The smallest absolute Gasteiger partial charge is 0.356 e. The summed E-state index contributed by atoms with van der Waals surface area (Å²) in [5.74, 6) is 0.165. The molecule has 2 aromatic rings. The SMILES string of the molecule is COC(=O)c1cc(C)nc(N2CCN(c3ccccc3)CC2)n1. The molecule has 120 valence electrons. The van der Waals surface area contributed by atoms with Gasteiger partial charge in [-0.1, -0.05) is 18.2 Å². The van der Waals surface area contributed by atoms with Gasteiger partial charge in [0.2, 0.25) is 5.95 Å². The van der Waals surface area contributed by atoms with Gasteiger partial charge < -0.3 is 14.5 Å². The highest BCUT2D eigenvalue weighted by atomic mass is 16.5. The number of hydrogen-bond donors (Lipinski definition) is 0. The van der Waals surface area contributed by atoms with E-state index in [1.165, 1.54) is 12.8 Å². The first-order valence-corrected chi connectivity index (χ1v) is 7.66. The summed E-state index contributed by atoms with van der Waals surface area (Å²) in [4.78, 5) is 25.0. The van der Waals surface area contributed by atoms with Gasteiger partial charge in [-0.2, -0.15) is 0 Å². The van der Waals surface area contributed by atoms with Gasteiger partial charge in [0, 0.05) is 37.6 Å². The molecule has 0 saturated carbocycles. The number of benzene rings is 1. The number of esters is 1. The van der Waals surface area contributed by atoms with Crippen molar-refractivity contribution < 1.29 is 9.53 Å². The maximum absolute atomic E-state index is 11.7. The Morgan fingerprint density at radius 1 is 1.04 bits per heavy atom. The predicted molar refractivity (Wildman–Crippen MR) is 89.0 cm³/mol. The second kappa shape index (κ2) is 6.64. The summed E-state index contributed by atoms with van der Waals surface area (Å²) in [5, 5.41) is 0. The molecule has 0 radical (unpaired) electrons. The fraction of sp³-hybridized carbons (Fsp3) is 0.353. The van der Waals surface area contributed by atoms with Crippen LogP contribution >= 0.6 is 0 Å². The van der Waals surface area contributed by atoms with Crippen LogP contribution in [0.15, 0.2) is 36.4 Å². The largest absolute Gasteiger partial charge is 0.464 e. The molecule has 1 aromatic carbocycles. The Labute approximate surface area is 135 Å². The molecular formula is C17H20N4O2. The first-order chi connectivity index (χ1) is 11.2. The number of aryl methyl sites for hydroxylation is 1. The lowest BCUT2D eigenvalue weighted by molar-refractivity contribution is 0.0593. The standard InChI is InChI=1S/C17H20N4O2/c1-13-12-15(16(22)23-2)19-17(18-13)21-10-8-20(9-11-21)14-6-4-3-5-7-14/h3-7,12H,8-11H2,1-2H3. The minimum Gasteiger partial charge on any atom is -0.464 e. The zero-order valence-corrected chi connectivity index (χ0v) is 13.4. The normalized spacial score (nSPS) is 14.7. The average molecular weight is 312 g/mol. The van der Waals surface area contributed by atoms with Gasteiger partial charge in [0.05, 0.1) is 7.11 Å². The molecule has 0 N–H and O–H groups in total. The van der Waals surface area contributed by atoms with Crippen molar-refractivity contribution in [3.05, 3.63) is 47.8 Å². The number of piperazine rings is 1. The molecule has 1 aliphatic rings. The Kier molecular flexibility index (Phi) is 4.41. The summed E-state index contributed by atoms with van der Waals surface area (Å²) in [5.41, 5.74) is 2.30. The van der Waals surface area contributed by atoms with E-state index in [2.05, 4.69) is 31.9 Å². The van der Waals surface area contributed by atoms with Gasteiger partial charge in [-0.15, -0.1) is 0 Å². The van der Waals surface area contributed by atoms with E-state index >= 15 is 0 Å². The lowest BCUT2D eigenvalue weighted by Crippen LogP contribution is -2.47. The summed E-state index contributed by atoms with van der Waals surface area (Å²) < 4.78 is 4.75. The summed E-state index contributed by atoms with van der Waals surface area (Å²) in [7, 11) is 1.36. The Bertz CT molecular complexity index is 682. The van der Waals surface area contributed by atoms with Gasteiger partial charge in [-0.3, -0.25) is 0 Å². The number of rotatable bonds is 3. The molecule has 23 heavy (non-hydrogen) atoms. The van der Waals surface area contributed by atoms with Crippen molar-refractivity contribution in [2.24, 2.45) is 0 Å². The molecule has 6 heteroatoms. The van der Waals surface area contributed by atoms with Crippen molar-refractivity contribution in [1.82, 2.24) is 9.97 Å². The fourth-order valence-corrected chi connectivity index (χ4v) is 2.71. The quantitative estimate of drug-likeness (QED) is 0.807.